The van der Waals surface area contributed by atoms with Crippen LogP contribution < -0.4 is 19.7 Å². The van der Waals surface area contributed by atoms with E-state index < -0.39 is 70.5 Å². The number of nitrogens with zero attached hydrogens (tertiary/aromatic N) is 4. The SMILES string of the molecule is CC1(C)CCC(c2ccc(Cl)cc2)=C(CN2CCN3c4ccc(C(=O)NS(=O)(=O)c5ccc(N[C@H](CCN6CCN(C(=O)OC(C)(C)C)C[C@H]6CO)CSc6ccccc6)c(S(=O)(=O)C(F)(F)F)c5)cc4OC[C@@H]3C2)C1. The summed E-state index contributed by atoms with van der Waals surface area (Å²) in [6.07, 6.45) is 2.76. The van der Waals surface area contributed by atoms with Gasteiger partial charge in [0.05, 0.1) is 35.0 Å². The van der Waals surface area contributed by atoms with Gasteiger partial charge in [0.25, 0.3) is 25.8 Å². The van der Waals surface area contributed by atoms with Crippen molar-refractivity contribution in [1.29, 1.82) is 0 Å². The summed E-state index contributed by atoms with van der Waals surface area (Å²) in [4.78, 5) is 33.2. The number of sulfonamides is 1. The minimum absolute atomic E-state index is 0.00189. The molecule has 22 heteroatoms. The second-order valence-electron chi connectivity index (χ2n) is 21.6. The number of anilines is 2. The molecule has 15 nitrogen and oxygen atoms in total. The number of benzene rings is 4. The number of amides is 2. The minimum atomic E-state index is -6.18. The number of alkyl halides is 3. The summed E-state index contributed by atoms with van der Waals surface area (Å²) in [5.74, 6) is -0.509. The van der Waals surface area contributed by atoms with Crippen LogP contribution in [-0.2, 0) is 24.6 Å². The molecule has 0 radical (unpaired) electrons. The predicted octanol–water partition coefficient (Wildman–Crippen LogP) is 9.18. The number of thioether (sulfide) groups is 1. The van der Waals surface area contributed by atoms with Crippen LogP contribution in [0.15, 0.2) is 111 Å². The van der Waals surface area contributed by atoms with Crippen molar-refractivity contribution in [2.75, 3.05) is 81.5 Å². The van der Waals surface area contributed by atoms with E-state index in [9.17, 15) is 44.7 Å². The second-order valence-corrected chi connectivity index (χ2v) is 26.7. The molecule has 4 aromatic carbocycles. The highest BCUT2D eigenvalue weighted by Gasteiger charge is 2.49. The Morgan fingerprint density at radius 2 is 1.67 bits per heavy atom. The number of fused-ring (bicyclic) bond motifs is 3. The van der Waals surface area contributed by atoms with Crippen LogP contribution in [0.5, 0.6) is 5.75 Å². The average molecular weight is 1130 g/mol. The second kappa shape index (κ2) is 23.1. The number of aliphatic hydroxyl groups excluding tert-OH is 1. The van der Waals surface area contributed by atoms with Gasteiger partial charge < -0.3 is 29.7 Å². The molecule has 2 fully saturated rings. The first kappa shape index (κ1) is 57.2. The molecule has 8 rings (SSSR count). The highest BCUT2D eigenvalue weighted by Crippen LogP contribution is 2.44. The zero-order chi connectivity index (χ0) is 54.8. The Bertz CT molecular complexity index is 3020. The van der Waals surface area contributed by atoms with E-state index in [4.69, 9.17) is 21.1 Å². The third-order valence-corrected chi connectivity index (χ3v) is 18.5. The summed E-state index contributed by atoms with van der Waals surface area (Å²) in [5.41, 5.74) is -2.28. The molecule has 0 aromatic heterocycles. The number of piperazine rings is 2. The number of halogens is 4. The van der Waals surface area contributed by atoms with E-state index in [2.05, 4.69) is 41.1 Å². The number of allylic oxidation sites excluding steroid dienone is 1. The summed E-state index contributed by atoms with van der Waals surface area (Å²) in [6.45, 7) is 13.9. The molecule has 4 aliphatic rings. The molecule has 4 aromatic rings. The zero-order valence-electron chi connectivity index (χ0n) is 43.2. The normalized spacial score (nSPS) is 20.0. The Morgan fingerprint density at radius 1 is 0.934 bits per heavy atom. The number of sulfone groups is 1. The number of hydrogen-bond acceptors (Lipinski definition) is 14. The number of carbonyl (C=O) groups excluding carboxylic acids is 2. The van der Waals surface area contributed by atoms with Crippen LogP contribution in [0.1, 0.15) is 76.2 Å². The van der Waals surface area contributed by atoms with Gasteiger partial charge in [-0.05, 0) is 124 Å². The molecule has 412 valence electrons. The molecule has 2 saturated heterocycles. The number of ether oxygens (including phenoxy) is 2. The topological polar surface area (TPSA) is 178 Å². The third kappa shape index (κ3) is 13.8. The molecule has 2 amide bonds. The Morgan fingerprint density at radius 3 is 2.37 bits per heavy atom. The Balaban J connectivity index is 0.964. The maximum Gasteiger partial charge on any atom is 0.501 e. The molecular weight excluding hydrogens is 1070 g/mol. The molecule has 3 aliphatic heterocycles. The van der Waals surface area contributed by atoms with Crippen molar-refractivity contribution in [3.05, 3.63) is 113 Å². The van der Waals surface area contributed by atoms with Crippen molar-refractivity contribution in [1.82, 2.24) is 19.4 Å². The highest BCUT2D eigenvalue weighted by molar-refractivity contribution is 7.99. The van der Waals surface area contributed by atoms with E-state index >= 15 is 0 Å². The fourth-order valence-electron chi connectivity index (χ4n) is 10.2. The van der Waals surface area contributed by atoms with Gasteiger partial charge in [-0.25, -0.2) is 26.4 Å². The van der Waals surface area contributed by atoms with E-state index in [0.29, 0.717) is 36.5 Å². The van der Waals surface area contributed by atoms with Gasteiger partial charge in [-0.15, -0.1) is 11.8 Å². The fourth-order valence-corrected chi connectivity index (χ4v) is 13.4. The molecule has 0 spiro atoms. The van der Waals surface area contributed by atoms with Crippen LogP contribution in [-0.4, -0.2) is 149 Å². The quantitative estimate of drug-likeness (QED) is 0.0905. The van der Waals surface area contributed by atoms with Gasteiger partial charge >= 0.3 is 11.6 Å². The van der Waals surface area contributed by atoms with Crippen molar-refractivity contribution in [3.63, 3.8) is 0 Å². The standard InChI is InChI=1S/C54H66ClF3N6O9S3/c1-52(2,3)73-51(67)63-25-24-62(41(32-63)33-65)22-20-40(35-74-43-9-7-6-8-10-43)59-46-17-16-44(28-49(46)75(68,69)54(56,57)58)76(70,71)60-50(66)37-13-18-47-48(27-37)72-34-42-31-61(23-26-64(42)47)30-38-29-53(4,5)21-19-45(38)36-11-14-39(55)15-12-36/h6-18,27-28,40-42,59,65H,19-26,29-35H2,1-5H3,(H,60,66)/t40-,41+,42+/m1/s1. The Kier molecular flexibility index (Phi) is 17.4. The maximum absolute atomic E-state index is 14.5. The number of hydrogen-bond donors (Lipinski definition) is 3. The Labute approximate surface area is 453 Å². The van der Waals surface area contributed by atoms with Crippen LogP contribution in [0.2, 0.25) is 5.02 Å². The van der Waals surface area contributed by atoms with Crippen LogP contribution in [0.25, 0.3) is 5.57 Å². The molecule has 3 atom stereocenters. The summed E-state index contributed by atoms with van der Waals surface area (Å²) in [7, 11) is -11.1. The molecule has 0 unspecified atom stereocenters. The van der Waals surface area contributed by atoms with Gasteiger partial charge in [-0.1, -0.05) is 61.4 Å². The predicted molar refractivity (Wildman–Crippen MR) is 289 cm³/mol. The average Bonchev–Trinajstić information content (AvgIpc) is 3.37. The van der Waals surface area contributed by atoms with Gasteiger partial charge in [0.15, 0.2) is 0 Å². The van der Waals surface area contributed by atoms with E-state index in [1.807, 2.05) is 52.1 Å². The number of aliphatic hydroxyl groups is 1. The number of nitrogens with one attached hydrogen (secondary N) is 2. The van der Waals surface area contributed by atoms with E-state index in [-0.39, 0.29) is 55.4 Å². The molecule has 76 heavy (non-hydrogen) atoms. The third-order valence-electron chi connectivity index (χ3n) is 14.2. The first-order valence-corrected chi connectivity index (χ1v) is 29.6. The van der Waals surface area contributed by atoms with Crippen molar-refractivity contribution in [3.8, 4) is 5.75 Å². The summed E-state index contributed by atoms with van der Waals surface area (Å²) < 4.78 is 111. The van der Waals surface area contributed by atoms with Gasteiger partial charge in [0.2, 0.25) is 0 Å². The zero-order valence-corrected chi connectivity index (χ0v) is 46.4. The maximum atomic E-state index is 14.5. The van der Waals surface area contributed by atoms with Crippen molar-refractivity contribution >= 4 is 72.2 Å². The van der Waals surface area contributed by atoms with Gasteiger partial charge in [-0.3, -0.25) is 14.6 Å². The lowest BCUT2D eigenvalue weighted by Gasteiger charge is -2.46. The minimum Gasteiger partial charge on any atom is -0.489 e. The summed E-state index contributed by atoms with van der Waals surface area (Å²) >= 11 is 7.59. The van der Waals surface area contributed by atoms with Crippen molar-refractivity contribution < 1.29 is 54.2 Å². The molecule has 3 heterocycles. The van der Waals surface area contributed by atoms with Crippen LogP contribution in [0, 0.1) is 5.41 Å². The van der Waals surface area contributed by atoms with Crippen LogP contribution in [0.3, 0.4) is 0 Å². The van der Waals surface area contributed by atoms with Gasteiger partial charge in [0.1, 0.15) is 22.9 Å². The summed E-state index contributed by atoms with van der Waals surface area (Å²) in [6, 6.07) is 22.8. The largest absolute Gasteiger partial charge is 0.501 e. The smallest absolute Gasteiger partial charge is 0.489 e. The number of rotatable bonds is 16. The lowest BCUT2D eigenvalue weighted by atomic mass is 9.72. The van der Waals surface area contributed by atoms with E-state index in [1.165, 1.54) is 45.5 Å². The summed E-state index contributed by atoms with van der Waals surface area (Å²) in [5, 5.41) is 14.0. The lowest BCUT2D eigenvalue weighted by Crippen LogP contribution is -2.57. The lowest BCUT2D eigenvalue weighted by molar-refractivity contribution is -0.0436. The first-order chi connectivity index (χ1) is 35.8. The van der Waals surface area contributed by atoms with Gasteiger partial charge in [0, 0.05) is 79.6 Å². The van der Waals surface area contributed by atoms with Gasteiger partial charge in [-0.2, -0.15) is 13.2 Å². The molecule has 0 saturated carbocycles. The first-order valence-electron chi connectivity index (χ1n) is 25.3. The van der Waals surface area contributed by atoms with Crippen molar-refractivity contribution in [2.24, 2.45) is 5.41 Å². The Hall–Kier alpha value is -5.03. The van der Waals surface area contributed by atoms with Crippen LogP contribution >= 0.6 is 23.4 Å². The molecular formula is C54H66ClF3N6O9S3. The van der Waals surface area contributed by atoms with Crippen LogP contribution in [0.4, 0.5) is 29.3 Å². The molecule has 1 aliphatic carbocycles. The highest BCUT2D eigenvalue weighted by atomic mass is 35.5. The monoisotopic (exact) mass is 1130 g/mol. The van der Waals surface area contributed by atoms with Crippen molar-refractivity contribution in [2.45, 2.75) is 104 Å². The number of carbonyl (C=O) groups is 2. The van der Waals surface area contributed by atoms with E-state index in [1.54, 1.807) is 26.8 Å². The molecule has 3 N–H and O–H groups in total. The fraction of sp³-hybridized carbons (Fsp3) is 0.481. The molecule has 0 bridgehead atoms. The van der Waals surface area contributed by atoms with E-state index in [0.717, 1.165) is 61.6 Å².